The van der Waals surface area contributed by atoms with Crippen LogP contribution in [-0.4, -0.2) is 46.0 Å². The fourth-order valence-electron chi connectivity index (χ4n) is 12.5. The molecule has 0 bridgehead atoms. The molecule has 4 fully saturated rings. The summed E-state index contributed by atoms with van der Waals surface area (Å²) in [6, 6.07) is 17.9. The minimum absolute atomic E-state index is 0.0342. The van der Waals surface area contributed by atoms with Gasteiger partial charge in [0.2, 0.25) is 5.60 Å². The van der Waals surface area contributed by atoms with Crippen molar-refractivity contribution in [1.29, 1.82) is 0 Å². The standard InChI is InChI=1S/C48H50N2O9/c1-4-48(37-23-39-42-29(21-28-7-5-6-8-38(28)49-42)24-50(39)43(53)34(37)25-57-45(48)55)59-41(52)26-56-31-12-9-27(10-13-31)44(54)58-32-17-19-46(2)30(22-32)11-14-33-35-15-16-40(51)47(35,3)20-18-36(33)46/h5-10,12-13,21,23,30,32-33,35-36H,4,11,14-20,22,24-26H2,1-3H3/t30?,32-,33?,35?,36?,46-,47-,48-/m0/s1. The fraction of sp³-hybridized carbons (Fsp3) is 0.500. The third kappa shape index (κ3) is 5.88. The molecule has 4 aliphatic carbocycles. The Labute approximate surface area is 342 Å². The van der Waals surface area contributed by atoms with Crippen molar-refractivity contribution in [3.63, 3.8) is 0 Å². The molecule has 6 aliphatic rings. The summed E-state index contributed by atoms with van der Waals surface area (Å²) in [5.41, 5.74) is 1.75. The van der Waals surface area contributed by atoms with Crippen molar-refractivity contribution in [3.05, 3.63) is 93.3 Å². The third-order valence-electron chi connectivity index (χ3n) is 15.7. The summed E-state index contributed by atoms with van der Waals surface area (Å²) in [6.07, 6.45) is 8.84. The molecule has 4 saturated carbocycles. The van der Waals surface area contributed by atoms with Gasteiger partial charge in [-0.3, -0.25) is 9.59 Å². The van der Waals surface area contributed by atoms with Gasteiger partial charge in [0.05, 0.1) is 34.6 Å². The Bertz CT molecular complexity index is 2490. The molecule has 0 N–H and O–H groups in total. The van der Waals surface area contributed by atoms with E-state index in [-0.39, 0.29) is 47.1 Å². The first-order valence-corrected chi connectivity index (χ1v) is 21.4. The number of pyridine rings is 2. The molecule has 2 aliphatic heterocycles. The Hall–Kier alpha value is -5.32. The number of hydrogen-bond donors (Lipinski definition) is 0. The maximum atomic E-state index is 13.9. The molecular weight excluding hydrogens is 749 g/mol. The molecule has 0 saturated heterocycles. The summed E-state index contributed by atoms with van der Waals surface area (Å²) < 4.78 is 24.9. The summed E-state index contributed by atoms with van der Waals surface area (Å²) in [5.74, 6) is 1.14. The van der Waals surface area contributed by atoms with E-state index < -0.39 is 24.1 Å². The molecular formula is C48H50N2O9. The number of ketones is 1. The maximum absolute atomic E-state index is 13.9. The molecule has 0 amide bonds. The Morgan fingerprint density at radius 2 is 1.75 bits per heavy atom. The van der Waals surface area contributed by atoms with Crippen molar-refractivity contribution in [3.8, 4) is 17.1 Å². The first-order chi connectivity index (χ1) is 28.4. The average Bonchev–Trinajstić information content (AvgIpc) is 3.76. The van der Waals surface area contributed by atoms with Crippen LogP contribution in [0.4, 0.5) is 0 Å². The van der Waals surface area contributed by atoms with E-state index in [9.17, 15) is 24.0 Å². The van der Waals surface area contributed by atoms with Gasteiger partial charge in [-0.05, 0) is 129 Å². The predicted octanol–water partition coefficient (Wildman–Crippen LogP) is 7.85. The van der Waals surface area contributed by atoms with Gasteiger partial charge in [0.25, 0.3) is 5.56 Å². The van der Waals surface area contributed by atoms with Crippen molar-refractivity contribution < 1.29 is 38.1 Å². The van der Waals surface area contributed by atoms with Crippen LogP contribution in [0.1, 0.15) is 112 Å². The number of rotatable bonds is 7. The highest BCUT2D eigenvalue weighted by atomic mass is 16.6. The number of fused-ring (bicyclic) bond motifs is 10. The number of para-hydroxylation sites is 1. The molecule has 4 heterocycles. The van der Waals surface area contributed by atoms with Crippen LogP contribution >= 0.6 is 0 Å². The molecule has 11 nitrogen and oxygen atoms in total. The van der Waals surface area contributed by atoms with Gasteiger partial charge >= 0.3 is 17.9 Å². The molecule has 10 rings (SSSR count). The summed E-state index contributed by atoms with van der Waals surface area (Å²) in [5, 5.41) is 0.961. The number of cyclic esters (lactones) is 1. The van der Waals surface area contributed by atoms with Gasteiger partial charge < -0.3 is 23.5 Å². The minimum Gasteiger partial charge on any atom is -0.482 e. The van der Waals surface area contributed by atoms with Gasteiger partial charge in [0.1, 0.15) is 24.2 Å². The second-order valence-corrected chi connectivity index (χ2v) is 18.4. The van der Waals surface area contributed by atoms with Crippen LogP contribution in [0.15, 0.2) is 65.5 Å². The number of ether oxygens (including phenoxy) is 4. The van der Waals surface area contributed by atoms with Crippen LogP contribution < -0.4 is 10.3 Å². The first-order valence-electron chi connectivity index (χ1n) is 21.4. The van der Waals surface area contributed by atoms with Crippen molar-refractivity contribution in [2.75, 3.05) is 6.61 Å². The molecule has 4 unspecified atom stereocenters. The molecule has 11 heteroatoms. The van der Waals surface area contributed by atoms with Crippen molar-refractivity contribution in [2.45, 2.75) is 110 Å². The predicted molar refractivity (Wildman–Crippen MR) is 216 cm³/mol. The molecule has 2 aromatic carbocycles. The molecule has 4 aromatic rings. The number of esters is 3. The van der Waals surface area contributed by atoms with Crippen LogP contribution in [0, 0.1) is 34.5 Å². The Morgan fingerprint density at radius 1 is 0.932 bits per heavy atom. The van der Waals surface area contributed by atoms with E-state index in [0.29, 0.717) is 64.3 Å². The number of benzene rings is 2. The van der Waals surface area contributed by atoms with Gasteiger partial charge in [0, 0.05) is 28.3 Å². The number of carbonyl (C=O) groups is 4. The van der Waals surface area contributed by atoms with Gasteiger partial charge in [-0.1, -0.05) is 39.0 Å². The number of Topliss-reactive ketones (excluding diaryl/α,β-unsaturated/α-hetero) is 1. The second-order valence-electron chi connectivity index (χ2n) is 18.4. The molecule has 0 radical (unpaired) electrons. The topological polar surface area (TPSA) is 140 Å². The van der Waals surface area contributed by atoms with E-state index >= 15 is 0 Å². The number of nitrogens with zero attached hydrogens (tertiary/aromatic N) is 2. The van der Waals surface area contributed by atoms with E-state index in [0.717, 1.165) is 74.3 Å². The van der Waals surface area contributed by atoms with E-state index in [1.807, 2.05) is 30.3 Å². The van der Waals surface area contributed by atoms with Crippen LogP contribution in [0.2, 0.25) is 0 Å². The zero-order valence-electron chi connectivity index (χ0n) is 33.9. The molecule has 0 spiro atoms. The zero-order valence-corrected chi connectivity index (χ0v) is 33.9. The van der Waals surface area contributed by atoms with E-state index in [1.54, 1.807) is 41.8 Å². The van der Waals surface area contributed by atoms with Gasteiger partial charge in [-0.2, -0.15) is 0 Å². The van der Waals surface area contributed by atoms with E-state index in [4.69, 9.17) is 23.9 Å². The number of carbonyl (C=O) groups excluding carboxylic acids is 4. The van der Waals surface area contributed by atoms with Gasteiger partial charge in [-0.15, -0.1) is 0 Å². The average molecular weight is 799 g/mol. The van der Waals surface area contributed by atoms with E-state index in [2.05, 4.69) is 13.8 Å². The highest BCUT2D eigenvalue weighted by Gasteiger charge is 2.60. The Balaban J connectivity index is 0.780. The zero-order chi connectivity index (χ0) is 40.8. The Kier molecular flexibility index (Phi) is 8.92. The van der Waals surface area contributed by atoms with Gasteiger partial charge in [-0.25, -0.2) is 19.4 Å². The molecule has 8 atom stereocenters. The quantitative estimate of drug-likeness (QED) is 0.118. The molecule has 59 heavy (non-hydrogen) atoms. The lowest BCUT2D eigenvalue weighted by atomic mass is 9.45. The smallest absolute Gasteiger partial charge is 0.355 e. The molecule has 2 aromatic heterocycles. The summed E-state index contributed by atoms with van der Waals surface area (Å²) in [4.78, 5) is 71.8. The highest BCUT2D eigenvalue weighted by Crippen LogP contribution is 2.65. The lowest BCUT2D eigenvalue weighted by Gasteiger charge is -2.60. The highest BCUT2D eigenvalue weighted by molar-refractivity contribution is 5.90. The number of hydrogen-bond acceptors (Lipinski definition) is 10. The maximum Gasteiger partial charge on any atom is 0.355 e. The van der Waals surface area contributed by atoms with Crippen LogP contribution in [-0.2, 0) is 47.3 Å². The number of aromatic nitrogens is 2. The normalized spacial score (nSPS) is 31.5. The lowest BCUT2D eigenvalue weighted by Crippen LogP contribution is -2.54. The monoisotopic (exact) mass is 798 g/mol. The Morgan fingerprint density at radius 3 is 2.56 bits per heavy atom. The van der Waals surface area contributed by atoms with Crippen molar-refractivity contribution >= 4 is 34.6 Å². The second kappa shape index (κ2) is 13.9. The lowest BCUT2D eigenvalue weighted by molar-refractivity contribution is -0.190. The summed E-state index contributed by atoms with van der Waals surface area (Å²) in [7, 11) is 0. The largest absolute Gasteiger partial charge is 0.482 e. The van der Waals surface area contributed by atoms with E-state index in [1.165, 1.54) is 0 Å². The SMILES string of the molecule is CC[C@@]1(OC(=O)COc2ccc(C(=O)O[C@H]3CC[C@@]4(C)C(CCC5C4CC[C@]4(C)C(=O)CCC54)C3)cc2)C(=O)OCc2c1cc1n(c2=O)Cc2cc3ccccc3nc2-1. The van der Waals surface area contributed by atoms with Crippen molar-refractivity contribution in [1.82, 2.24) is 9.55 Å². The fourth-order valence-corrected chi connectivity index (χ4v) is 12.5. The summed E-state index contributed by atoms with van der Waals surface area (Å²) >= 11 is 0. The molecule has 306 valence electrons. The summed E-state index contributed by atoms with van der Waals surface area (Å²) in [6.45, 7) is 5.98. The minimum atomic E-state index is -1.85. The van der Waals surface area contributed by atoms with Crippen LogP contribution in [0.3, 0.4) is 0 Å². The first kappa shape index (κ1) is 37.9. The third-order valence-corrected chi connectivity index (χ3v) is 15.7. The van der Waals surface area contributed by atoms with Crippen molar-refractivity contribution in [2.24, 2.45) is 34.5 Å². The van der Waals surface area contributed by atoms with Crippen LogP contribution in [0.25, 0.3) is 22.3 Å². The van der Waals surface area contributed by atoms with Crippen LogP contribution in [0.5, 0.6) is 5.75 Å². The van der Waals surface area contributed by atoms with Gasteiger partial charge in [0.15, 0.2) is 6.61 Å².